The minimum atomic E-state index is -1.59. The van der Waals surface area contributed by atoms with Crippen molar-refractivity contribution in [3.8, 4) is 5.75 Å². The molecule has 2 aliphatic rings. The van der Waals surface area contributed by atoms with Gasteiger partial charge in [-0.25, -0.2) is 0 Å². The van der Waals surface area contributed by atoms with Crippen molar-refractivity contribution in [2.24, 2.45) is 0 Å². The number of likely N-dealkylation sites (N-methyl/N-ethyl adjacent to an activating group) is 1. The van der Waals surface area contributed by atoms with Crippen LogP contribution in [-0.4, -0.2) is 83.1 Å². The summed E-state index contributed by atoms with van der Waals surface area (Å²) in [6, 6.07) is 50.0. The molecule has 0 aliphatic carbocycles. The first-order valence-electron chi connectivity index (χ1n) is 25.9. The molecule has 0 unspecified atom stereocenters. The number of hydrogen-bond acceptors (Lipinski definition) is 8. The van der Waals surface area contributed by atoms with Crippen LogP contribution in [0.1, 0.15) is 85.5 Å². The topological polar surface area (TPSA) is 112 Å². The largest absolute Gasteiger partial charge is 1.00 e. The van der Waals surface area contributed by atoms with E-state index < -0.39 is 7.12 Å². The molecule has 0 atom stereocenters. The van der Waals surface area contributed by atoms with Gasteiger partial charge < -0.3 is 53.9 Å². The highest BCUT2D eigenvalue weighted by molar-refractivity contribution is 6.59. The summed E-state index contributed by atoms with van der Waals surface area (Å²) in [5.41, 5.74) is 15.5. The van der Waals surface area contributed by atoms with Gasteiger partial charge in [0.05, 0.1) is 5.41 Å². The van der Waals surface area contributed by atoms with E-state index in [-0.39, 0.29) is 40.7 Å². The molecule has 1 radical (unpaired) electrons. The van der Waals surface area contributed by atoms with E-state index in [0.717, 1.165) is 45.4 Å². The van der Waals surface area contributed by atoms with E-state index in [1.165, 1.54) is 33.9 Å². The van der Waals surface area contributed by atoms with Crippen molar-refractivity contribution >= 4 is 48.8 Å². The molecule has 0 fully saturated rings. The zero-order valence-electron chi connectivity index (χ0n) is 45.0. The molecule has 0 aromatic heterocycles. The molecule has 2 heterocycles. The van der Waals surface area contributed by atoms with E-state index in [9.17, 15) is 19.9 Å². The Bertz CT molecular complexity index is 3130. The number of carbonyl (C=O) groups is 1. The van der Waals surface area contributed by atoms with Crippen molar-refractivity contribution in [3.63, 3.8) is 0 Å². The summed E-state index contributed by atoms with van der Waals surface area (Å²) in [6.07, 6.45) is 9.83. The molecule has 6 aromatic rings. The second-order valence-corrected chi connectivity index (χ2v) is 21.0. The SMILES string of the molecule is C=C(C)C(=O)NCCCN(Cc1ccc(CN(Cc2ccc(C(=C\C=C3/N(C)c4ccccc4C3(C)C)/C=C/C3=[N+](C)c4ccccc4C3(C)C)cc2)Cc2ccccc2B(O)O)cc1)Cc1ccccc1O[B]O.[I-]. The summed E-state index contributed by atoms with van der Waals surface area (Å²) in [5.74, 6) is 0.430. The molecule has 10 nitrogen and oxygen atoms in total. The van der Waals surface area contributed by atoms with Crippen LogP contribution >= 0.6 is 0 Å². The van der Waals surface area contributed by atoms with Crippen molar-refractivity contribution in [2.75, 3.05) is 32.1 Å². The number of nitrogens with one attached hydrogen (secondary N) is 1. The van der Waals surface area contributed by atoms with Gasteiger partial charge in [-0.3, -0.25) is 14.6 Å². The molecule has 6 aromatic carbocycles. The quantitative estimate of drug-likeness (QED) is 0.0152. The van der Waals surface area contributed by atoms with Gasteiger partial charge in [-0.15, -0.1) is 0 Å². The number of carbonyl (C=O) groups excluding carboxylic acids is 1. The van der Waals surface area contributed by atoms with Gasteiger partial charge in [0.2, 0.25) is 11.6 Å². The van der Waals surface area contributed by atoms with Crippen LogP contribution < -0.4 is 44.3 Å². The zero-order valence-corrected chi connectivity index (χ0v) is 47.2. The highest BCUT2D eigenvalue weighted by Crippen LogP contribution is 2.47. The van der Waals surface area contributed by atoms with E-state index in [1.54, 1.807) is 13.0 Å². The van der Waals surface area contributed by atoms with Crippen LogP contribution in [0.25, 0.3) is 5.57 Å². The number of halogens is 1. The standard InChI is InChI=1S/C63H70B2N5O5.HI/c1-45(2)61(71)66-38-17-39-69(44-52-19-10-16-25-58(52)75-64-72)40-46-26-28-47(29-27-46)41-70(43-51-18-9-13-22-55(51)65(73)74)42-48-30-32-49(33-31-48)50(34-36-59-62(3,4)53-20-11-14-23-56(53)67(59)7)35-37-60-63(5,6)54-21-12-15-24-57(54)68(60)8;/h9-16,18-37,72-74H,1,17,38-44H2,2-8H3;1H. The second-order valence-electron chi connectivity index (χ2n) is 21.0. The van der Waals surface area contributed by atoms with Gasteiger partial charge in [0.25, 0.3) is 0 Å². The van der Waals surface area contributed by atoms with Crippen molar-refractivity contribution in [1.29, 1.82) is 0 Å². The zero-order chi connectivity index (χ0) is 53.3. The molecule has 1 amide bonds. The average molecular weight is 1130 g/mol. The van der Waals surface area contributed by atoms with Crippen LogP contribution in [0, 0.1) is 0 Å². The number of amides is 1. The molecule has 0 bridgehead atoms. The maximum atomic E-state index is 12.2. The van der Waals surface area contributed by atoms with Gasteiger partial charge in [-0.1, -0.05) is 154 Å². The number of hydrogen-bond donors (Lipinski definition) is 4. The summed E-state index contributed by atoms with van der Waals surface area (Å²) < 4.78 is 7.75. The molecule has 0 saturated carbocycles. The average Bonchev–Trinajstić information content (AvgIpc) is 3.73. The summed E-state index contributed by atoms with van der Waals surface area (Å²) in [7, 11) is 3.43. The van der Waals surface area contributed by atoms with E-state index in [0.29, 0.717) is 70.3 Å². The van der Waals surface area contributed by atoms with Crippen LogP contribution in [0.15, 0.2) is 188 Å². The number of rotatable bonds is 22. The molecule has 0 spiro atoms. The summed E-state index contributed by atoms with van der Waals surface area (Å²) in [4.78, 5) is 19.2. The number of para-hydroxylation sites is 3. The number of allylic oxidation sites excluding steroid dienone is 6. The third kappa shape index (κ3) is 13.4. The van der Waals surface area contributed by atoms with Gasteiger partial charge in [0, 0.05) is 98.5 Å². The number of anilines is 1. The van der Waals surface area contributed by atoms with Crippen molar-refractivity contribution in [1.82, 2.24) is 15.1 Å². The van der Waals surface area contributed by atoms with Gasteiger partial charge >= 0.3 is 14.8 Å². The van der Waals surface area contributed by atoms with Crippen LogP contribution in [0.2, 0.25) is 0 Å². The van der Waals surface area contributed by atoms with Crippen molar-refractivity contribution in [2.45, 2.75) is 84.6 Å². The fourth-order valence-electron chi connectivity index (χ4n) is 10.8. The first-order chi connectivity index (χ1) is 36.0. The van der Waals surface area contributed by atoms with Crippen molar-refractivity contribution in [3.05, 3.63) is 232 Å². The Hall–Kier alpha value is -6.32. The third-order valence-electron chi connectivity index (χ3n) is 14.8. The molecule has 0 saturated heterocycles. The Balaban J connectivity index is 0.00000840. The monoisotopic (exact) mass is 1130 g/mol. The Labute approximate surface area is 468 Å². The van der Waals surface area contributed by atoms with Crippen molar-refractivity contribution < 1.29 is 53.1 Å². The van der Waals surface area contributed by atoms with Crippen LogP contribution in [0.4, 0.5) is 11.4 Å². The Kier molecular flexibility index (Phi) is 19.4. The fraction of sp³-hybridized carbons (Fsp3) is 0.270. The van der Waals surface area contributed by atoms with Gasteiger partial charge in [0.1, 0.15) is 12.8 Å². The number of fused-ring (bicyclic) bond motifs is 2. The molecular formula is C63H71B2IN5O5. The van der Waals surface area contributed by atoms with Crippen LogP contribution in [0.5, 0.6) is 5.75 Å². The van der Waals surface area contributed by atoms with E-state index in [1.807, 2.05) is 42.5 Å². The summed E-state index contributed by atoms with van der Waals surface area (Å²) in [5, 5.41) is 33.2. The first kappa shape index (κ1) is 57.4. The molecule has 4 N–H and O–H groups in total. The molecule has 391 valence electrons. The highest BCUT2D eigenvalue weighted by Gasteiger charge is 2.42. The van der Waals surface area contributed by atoms with E-state index in [4.69, 9.17) is 4.65 Å². The highest BCUT2D eigenvalue weighted by atomic mass is 127. The van der Waals surface area contributed by atoms with Crippen LogP contribution in [0.3, 0.4) is 0 Å². The molecule has 76 heavy (non-hydrogen) atoms. The molecule has 13 heteroatoms. The minimum Gasteiger partial charge on any atom is -1.00 e. The Morgan fingerprint density at radius 2 is 1.32 bits per heavy atom. The lowest BCUT2D eigenvalue weighted by atomic mass is 9.77. The van der Waals surface area contributed by atoms with Gasteiger partial charge in [-0.2, -0.15) is 4.58 Å². The smallest absolute Gasteiger partial charge is 0.569 e. The number of benzene rings is 6. The van der Waals surface area contributed by atoms with Crippen LogP contribution in [-0.2, 0) is 48.3 Å². The normalized spacial score (nSPS) is 15.0. The minimum absolute atomic E-state index is 0. The predicted octanol–water partition coefficient (Wildman–Crippen LogP) is 6.52. The lowest BCUT2D eigenvalue weighted by Gasteiger charge is -2.25. The molecule has 8 rings (SSSR count). The lowest BCUT2D eigenvalue weighted by molar-refractivity contribution is -0.401. The maximum absolute atomic E-state index is 12.2. The van der Waals surface area contributed by atoms with E-state index in [2.05, 4.69) is 194 Å². The van der Waals surface area contributed by atoms with Gasteiger partial charge in [0.15, 0.2) is 5.71 Å². The summed E-state index contributed by atoms with van der Waals surface area (Å²) in [6.45, 7) is 18.8. The Morgan fingerprint density at radius 3 is 1.95 bits per heavy atom. The predicted molar refractivity (Wildman–Crippen MR) is 307 cm³/mol. The first-order valence-corrected chi connectivity index (χ1v) is 25.9. The molecule has 2 aliphatic heterocycles. The fourth-order valence-corrected chi connectivity index (χ4v) is 10.8. The molecular weight excluding hydrogens is 1060 g/mol. The Morgan fingerprint density at radius 1 is 0.750 bits per heavy atom. The third-order valence-corrected chi connectivity index (χ3v) is 14.8. The second kappa shape index (κ2) is 25.7. The summed E-state index contributed by atoms with van der Waals surface area (Å²) >= 11 is 0. The van der Waals surface area contributed by atoms with E-state index >= 15 is 0 Å². The van der Waals surface area contributed by atoms with Gasteiger partial charge in [-0.05, 0) is 95.9 Å². The maximum Gasteiger partial charge on any atom is 0.569 e. The lowest BCUT2D eigenvalue weighted by Crippen LogP contribution is -3.00. The number of nitrogens with zero attached hydrogens (tertiary/aromatic N) is 4.